The maximum atomic E-state index is 13.1. The summed E-state index contributed by atoms with van der Waals surface area (Å²) in [6.07, 6.45) is 1.17. The quantitative estimate of drug-likeness (QED) is 0.712. The Labute approximate surface area is 175 Å². The van der Waals surface area contributed by atoms with Crippen LogP contribution < -0.4 is 5.32 Å². The van der Waals surface area contributed by atoms with Gasteiger partial charge >= 0.3 is 11.8 Å². The van der Waals surface area contributed by atoms with Crippen molar-refractivity contribution < 1.29 is 18.8 Å². The molecule has 1 N–H and O–H groups in total. The standard InChI is InChI=1S/C23H26FN3O3/c1-3-17-7-5-6-8-19(17)25-21(28)20(4-2)27-14-13-26(22(29)23(27)30)15-16-9-11-18(24)12-10-16/h5-12,20H,3-4,13-15H2,1-2H3,(H,25,28)/t20-/m1/s1. The fraction of sp³-hybridized carbons (Fsp3) is 0.348. The molecule has 0 radical (unpaired) electrons. The molecule has 3 amide bonds. The topological polar surface area (TPSA) is 69.7 Å². The highest BCUT2D eigenvalue weighted by molar-refractivity contribution is 6.35. The number of carbonyl (C=O) groups excluding carboxylic acids is 3. The summed E-state index contributed by atoms with van der Waals surface area (Å²) < 4.78 is 13.1. The van der Waals surface area contributed by atoms with E-state index in [-0.39, 0.29) is 24.8 Å². The summed E-state index contributed by atoms with van der Waals surface area (Å²) in [6, 6.07) is 12.6. The Morgan fingerprint density at radius 1 is 1.03 bits per heavy atom. The van der Waals surface area contributed by atoms with Crippen LogP contribution in [-0.4, -0.2) is 46.7 Å². The van der Waals surface area contributed by atoms with Gasteiger partial charge < -0.3 is 15.1 Å². The van der Waals surface area contributed by atoms with Gasteiger partial charge in [0.25, 0.3) is 0 Å². The number of hydrogen-bond acceptors (Lipinski definition) is 3. The number of piperazine rings is 1. The van der Waals surface area contributed by atoms with Crippen LogP contribution in [-0.2, 0) is 27.3 Å². The summed E-state index contributed by atoms with van der Waals surface area (Å²) >= 11 is 0. The Kier molecular flexibility index (Phi) is 6.82. The second-order valence-corrected chi connectivity index (χ2v) is 7.28. The fourth-order valence-corrected chi connectivity index (χ4v) is 3.66. The van der Waals surface area contributed by atoms with Crippen LogP contribution in [0.25, 0.3) is 0 Å². The zero-order valence-corrected chi connectivity index (χ0v) is 17.2. The lowest BCUT2D eigenvalue weighted by Crippen LogP contribution is -2.59. The summed E-state index contributed by atoms with van der Waals surface area (Å²) in [7, 11) is 0. The molecule has 2 aromatic carbocycles. The predicted molar refractivity (Wildman–Crippen MR) is 112 cm³/mol. The second kappa shape index (κ2) is 9.52. The Bertz CT molecular complexity index is 930. The summed E-state index contributed by atoms with van der Waals surface area (Å²) in [5.41, 5.74) is 2.47. The van der Waals surface area contributed by atoms with E-state index in [0.29, 0.717) is 13.0 Å². The van der Waals surface area contributed by atoms with Crippen LogP contribution in [0.15, 0.2) is 48.5 Å². The number of benzene rings is 2. The normalized spacial score (nSPS) is 15.3. The third-order valence-electron chi connectivity index (χ3n) is 5.35. The van der Waals surface area contributed by atoms with Gasteiger partial charge in [-0.05, 0) is 42.2 Å². The van der Waals surface area contributed by atoms with Gasteiger partial charge in [-0.3, -0.25) is 14.4 Å². The largest absolute Gasteiger partial charge is 0.328 e. The minimum Gasteiger partial charge on any atom is -0.328 e. The Balaban J connectivity index is 1.68. The number of aryl methyl sites for hydroxylation is 1. The lowest BCUT2D eigenvalue weighted by Gasteiger charge is -2.37. The maximum absolute atomic E-state index is 13.1. The first-order valence-corrected chi connectivity index (χ1v) is 10.2. The highest BCUT2D eigenvalue weighted by atomic mass is 19.1. The number of amides is 3. The van der Waals surface area contributed by atoms with Crippen molar-refractivity contribution in [3.63, 3.8) is 0 Å². The number of nitrogens with one attached hydrogen (secondary N) is 1. The zero-order chi connectivity index (χ0) is 21.7. The van der Waals surface area contributed by atoms with Gasteiger partial charge in [-0.25, -0.2) is 4.39 Å². The molecule has 1 aliphatic heterocycles. The van der Waals surface area contributed by atoms with Gasteiger partial charge in [0.15, 0.2) is 0 Å². The van der Waals surface area contributed by atoms with E-state index in [0.717, 1.165) is 23.2 Å². The van der Waals surface area contributed by atoms with Crippen LogP contribution >= 0.6 is 0 Å². The van der Waals surface area contributed by atoms with Crippen molar-refractivity contribution in [2.45, 2.75) is 39.3 Å². The molecule has 6 nitrogen and oxygen atoms in total. The van der Waals surface area contributed by atoms with Crippen molar-refractivity contribution in [1.82, 2.24) is 9.80 Å². The van der Waals surface area contributed by atoms with Gasteiger partial charge in [0.05, 0.1) is 0 Å². The number of carbonyl (C=O) groups is 3. The number of nitrogens with zero attached hydrogens (tertiary/aromatic N) is 2. The third kappa shape index (κ3) is 4.67. The molecule has 0 saturated carbocycles. The average molecular weight is 411 g/mol. The molecule has 7 heteroatoms. The molecule has 158 valence electrons. The fourth-order valence-electron chi connectivity index (χ4n) is 3.66. The van der Waals surface area contributed by atoms with Crippen molar-refractivity contribution in [2.75, 3.05) is 18.4 Å². The predicted octanol–water partition coefficient (Wildman–Crippen LogP) is 2.98. The minimum atomic E-state index is -0.723. The van der Waals surface area contributed by atoms with Crippen LogP contribution in [0, 0.1) is 5.82 Å². The van der Waals surface area contributed by atoms with Crippen molar-refractivity contribution >= 4 is 23.4 Å². The molecular weight excluding hydrogens is 385 g/mol. The third-order valence-corrected chi connectivity index (χ3v) is 5.35. The maximum Gasteiger partial charge on any atom is 0.312 e. The molecular formula is C23H26FN3O3. The summed E-state index contributed by atoms with van der Waals surface area (Å²) in [5, 5.41) is 2.91. The molecule has 1 heterocycles. The molecule has 30 heavy (non-hydrogen) atoms. The highest BCUT2D eigenvalue weighted by Gasteiger charge is 2.38. The molecule has 0 unspecified atom stereocenters. The van der Waals surface area contributed by atoms with E-state index in [9.17, 15) is 18.8 Å². The average Bonchev–Trinajstić information content (AvgIpc) is 2.75. The van der Waals surface area contributed by atoms with Gasteiger partial charge in [0.2, 0.25) is 5.91 Å². The monoisotopic (exact) mass is 411 g/mol. The van der Waals surface area contributed by atoms with Crippen molar-refractivity contribution in [2.24, 2.45) is 0 Å². The van der Waals surface area contributed by atoms with Crippen LogP contribution in [0.3, 0.4) is 0 Å². The van der Waals surface area contributed by atoms with E-state index in [1.54, 1.807) is 12.1 Å². The molecule has 3 rings (SSSR count). The molecule has 0 spiro atoms. The van der Waals surface area contributed by atoms with Gasteiger partial charge in [0.1, 0.15) is 11.9 Å². The van der Waals surface area contributed by atoms with E-state index in [4.69, 9.17) is 0 Å². The first kappa shape index (κ1) is 21.5. The van der Waals surface area contributed by atoms with Crippen LogP contribution in [0.4, 0.5) is 10.1 Å². The van der Waals surface area contributed by atoms with Gasteiger partial charge in [-0.2, -0.15) is 0 Å². The lowest BCUT2D eigenvalue weighted by molar-refractivity contribution is -0.159. The molecule has 0 aliphatic carbocycles. The first-order chi connectivity index (χ1) is 14.4. The Hall–Kier alpha value is -3.22. The molecule has 1 fully saturated rings. The smallest absolute Gasteiger partial charge is 0.312 e. The minimum absolute atomic E-state index is 0.228. The number of anilines is 1. The second-order valence-electron chi connectivity index (χ2n) is 7.28. The van der Waals surface area contributed by atoms with E-state index < -0.39 is 17.9 Å². The highest BCUT2D eigenvalue weighted by Crippen LogP contribution is 2.19. The number of para-hydroxylation sites is 1. The zero-order valence-electron chi connectivity index (χ0n) is 17.2. The Morgan fingerprint density at radius 3 is 2.40 bits per heavy atom. The number of hydrogen-bond donors (Lipinski definition) is 1. The van der Waals surface area contributed by atoms with Crippen molar-refractivity contribution in [3.8, 4) is 0 Å². The van der Waals surface area contributed by atoms with Crippen molar-refractivity contribution in [1.29, 1.82) is 0 Å². The number of halogens is 1. The molecule has 1 saturated heterocycles. The van der Waals surface area contributed by atoms with Crippen LogP contribution in [0.1, 0.15) is 31.4 Å². The van der Waals surface area contributed by atoms with Crippen LogP contribution in [0.5, 0.6) is 0 Å². The van der Waals surface area contributed by atoms with Gasteiger partial charge in [-0.15, -0.1) is 0 Å². The van der Waals surface area contributed by atoms with Crippen molar-refractivity contribution in [3.05, 3.63) is 65.5 Å². The van der Waals surface area contributed by atoms with Gasteiger partial charge in [0, 0.05) is 25.3 Å². The molecule has 0 bridgehead atoms. The summed E-state index contributed by atoms with van der Waals surface area (Å²) in [5.74, 6) is -1.99. The molecule has 1 aliphatic rings. The van der Waals surface area contributed by atoms with E-state index in [1.165, 1.54) is 21.9 Å². The van der Waals surface area contributed by atoms with Gasteiger partial charge in [-0.1, -0.05) is 44.2 Å². The molecule has 0 aromatic heterocycles. The summed E-state index contributed by atoms with van der Waals surface area (Å²) in [4.78, 5) is 41.1. The van der Waals surface area contributed by atoms with E-state index in [2.05, 4.69) is 5.32 Å². The number of rotatable bonds is 7. The molecule has 2 aromatic rings. The first-order valence-electron chi connectivity index (χ1n) is 10.2. The lowest BCUT2D eigenvalue weighted by atomic mass is 10.1. The molecule has 1 atom stereocenters. The van der Waals surface area contributed by atoms with E-state index >= 15 is 0 Å². The van der Waals surface area contributed by atoms with Crippen LogP contribution in [0.2, 0.25) is 0 Å². The van der Waals surface area contributed by atoms with E-state index in [1.807, 2.05) is 38.1 Å². The summed E-state index contributed by atoms with van der Waals surface area (Å²) in [6.45, 7) is 4.64. The Morgan fingerprint density at radius 2 is 1.73 bits per heavy atom. The SMILES string of the molecule is CCc1ccccc1NC(=O)[C@@H](CC)N1CCN(Cc2ccc(F)cc2)C(=O)C1=O.